The summed E-state index contributed by atoms with van der Waals surface area (Å²) in [7, 11) is 1.54. The molecule has 0 saturated heterocycles. The van der Waals surface area contributed by atoms with Crippen LogP contribution in [0.15, 0.2) is 76.7 Å². The number of para-hydroxylation sites is 1. The van der Waals surface area contributed by atoms with E-state index in [1.165, 1.54) is 18.7 Å². The maximum atomic E-state index is 13.5. The summed E-state index contributed by atoms with van der Waals surface area (Å²) in [6, 6.07) is 20.9. The second-order valence-electron chi connectivity index (χ2n) is 8.56. The number of carbonyl (C=O) groups excluding carboxylic acids is 1. The van der Waals surface area contributed by atoms with Gasteiger partial charge in [0.1, 0.15) is 0 Å². The monoisotopic (exact) mass is 515 g/mol. The fourth-order valence-corrected chi connectivity index (χ4v) is 5.51. The second kappa shape index (κ2) is 9.29. The summed E-state index contributed by atoms with van der Waals surface area (Å²) in [5, 5.41) is 5.29. The van der Waals surface area contributed by atoms with Crippen LogP contribution in [0, 0.1) is 0 Å². The number of H-pyrrole nitrogens is 1. The molecule has 0 saturated carbocycles. The second-order valence-corrected chi connectivity index (χ2v) is 9.53. The van der Waals surface area contributed by atoms with Gasteiger partial charge in [-0.25, -0.2) is 4.90 Å². The molecule has 4 aromatic rings. The van der Waals surface area contributed by atoms with E-state index in [2.05, 4.69) is 4.98 Å². The molecule has 0 unspecified atom stereocenters. The Morgan fingerprint density at radius 2 is 1.95 bits per heavy atom. The number of carbonyl (C=O) groups is 1. The van der Waals surface area contributed by atoms with Crippen molar-refractivity contribution in [3.63, 3.8) is 0 Å². The number of thioether (sulfide) groups is 1. The Balaban J connectivity index is 1.55. The topological polar surface area (TPSA) is 97.6 Å². The van der Waals surface area contributed by atoms with Crippen molar-refractivity contribution < 1.29 is 23.7 Å². The number of nitrogens with one attached hydrogen (secondary N) is 1. The summed E-state index contributed by atoms with van der Waals surface area (Å²) in [5.41, 5.74) is 3.07. The molecule has 0 aliphatic carbocycles. The lowest BCUT2D eigenvalue weighted by atomic mass is 10.0. The van der Waals surface area contributed by atoms with Crippen molar-refractivity contribution in [1.29, 1.82) is 0 Å². The number of ether oxygens (including phenoxy) is 3. The van der Waals surface area contributed by atoms with E-state index >= 15 is 0 Å². The minimum absolute atomic E-state index is 0.0704. The van der Waals surface area contributed by atoms with Gasteiger partial charge in [-0.05, 0) is 34.5 Å². The lowest BCUT2D eigenvalue weighted by Crippen LogP contribution is -2.60. The Morgan fingerprint density at radius 1 is 1.16 bits per heavy atom. The molecule has 0 bridgehead atoms. The number of hydrogen-bond donors (Lipinski definition) is 1. The fraction of sp³-hybridized carbons (Fsp3) is 0.185. The highest BCUT2D eigenvalue weighted by molar-refractivity contribution is 7.98. The molecule has 2 aliphatic heterocycles. The molecular weight excluding hydrogens is 492 g/mol. The first-order valence-corrected chi connectivity index (χ1v) is 12.6. The molecular formula is C27H23N4O5S+. The Labute approximate surface area is 216 Å². The Hall–Kier alpha value is -4.31. The molecule has 37 heavy (non-hydrogen) atoms. The molecule has 1 aromatic heterocycles. The predicted octanol–water partition coefficient (Wildman–Crippen LogP) is 3.67. The molecule has 0 fully saturated rings. The average molecular weight is 516 g/mol. The summed E-state index contributed by atoms with van der Waals surface area (Å²) >= 11 is 1.42. The highest BCUT2D eigenvalue weighted by Crippen LogP contribution is 2.45. The predicted molar refractivity (Wildman–Crippen MR) is 137 cm³/mol. The van der Waals surface area contributed by atoms with Gasteiger partial charge in [0.2, 0.25) is 23.6 Å². The molecule has 10 heteroatoms. The zero-order valence-electron chi connectivity index (χ0n) is 20.1. The van der Waals surface area contributed by atoms with Crippen LogP contribution in [-0.2, 0) is 10.5 Å². The van der Waals surface area contributed by atoms with Crippen LogP contribution < -0.4 is 29.4 Å². The van der Waals surface area contributed by atoms with Crippen molar-refractivity contribution in [1.82, 2.24) is 10.1 Å². The number of methoxy groups -OCH3 is 1. The van der Waals surface area contributed by atoms with Crippen molar-refractivity contribution >= 4 is 23.4 Å². The molecule has 2 aliphatic rings. The number of fused-ring (bicyclic) bond motifs is 4. The summed E-state index contributed by atoms with van der Waals surface area (Å²) in [5.74, 6) is 1.90. The van der Waals surface area contributed by atoms with Crippen LogP contribution in [-0.4, -0.2) is 29.9 Å². The van der Waals surface area contributed by atoms with Crippen LogP contribution >= 0.6 is 11.8 Å². The maximum absolute atomic E-state index is 13.5. The van der Waals surface area contributed by atoms with Crippen LogP contribution in [0.5, 0.6) is 17.2 Å². The van der Waals surface area contributed by atoms with E-state index in [0.717, 1.165) is 5.56 Å². The highest BCUT2D eigenvalue weighted by atomic mass is 32.2. The highest BCUT2D eigenvalue weighted by Gasteiger charge is 2.45. The van der Waals surface area contributed by atoms with Crippen molar-refractivity contribution in [2.45, 2.75) is 24.0 Å². The molecule has 9 nitrogen and oxygen atoms in total. The molecule has 186 valence electrons. The fourth-order valence-electron chi connectivity index (χ4n) is 4.70. The maximum Gasteiger partial charge on any atom is 0.325 e. The van der Waals surface area contributed by atoms with Crippen molar-refractivity contribution in [2.24, 2.45) is 0 Å². The number of hydrogen-bond acceptors (Lipinski definition) is 7. The van der Waals surface area contributed by atoms with E-state index in [-0.39, 0.29) is 18.3 Å². The number of benzene rings is 3. The minimum Gasteiger partial charge on any atom is -0.493 e. The van der Waals surface area contributed by atoms with Crippen LogP contribution in [0.4, 0.5) is 5.69 Å². The first kappa shape index (κ1) is 23.1. The lowest BCUT2D eigenvalue weighted by Gasteiger charge is -2.31. The first-order valence-electron chi connectivity index (χ1n) is 11.6. The van der Waals surface area contributed by atoms with E-state index in [9.17, 15) is 9.59 Å². The van der Waals surface area contributed by atoms with Gasteiger partial charge in [-0.15, -0.1) is 0 Å². The van der Waals surface area contributed by atoms with Gasteiger partial charge < -0.3 is 14.2 Å². The molecule has 6 rings (SSSR count). The average Bonchev–Trinajstić information content (AvgIpc) is 3.39. The SMILES string of the molecule is COc1cc([C@@H]2N(C(C)=O)c3ccccc3-c3c(=O)[nH]c(SCc4ccccc4)n[n+]32)cc2c1OCO2. The van der Waals surface area contributed by atoms with Gasteiger partial charge >= 0.3 is 11.3 Å². The Bertz CT molecular complexity index is 1570. The number of aromatic amines is 1. The number of aromatic nitrogens is 3. The standard InChI is InChI=1S/C27H22N4O5S/c1-16(32)30-20-11-7-6-10-19(20)23-25(33)28-27(37-14-17-8-4-3-5-9-17)29-31(23)26(30)18-12-21(34-2)24-22(13-18)35-15-36-24/h3-13,26H,14-15H2,1-2H3/p+1/t26-/m1/s1. The van der Waals surface area contributed by atoms with Crippen molar-refractivity contribution in [2.75, 3.05) is 18.8 Å². The van der Waals surface area contributed by atoms with Gasteiger partial charge in [-0.3, -0.25) is 14.6 Å². The van der Waals surface area contributed by atoms with Crippen LogP contribution in [0.1, 0.15) is 24.2 Å². The van der Waals surface area contributed by atoms with Crippen molar-refractivity contribution in [3.8, 4) is 28.5 Å². The molecule has 0 radical (unpaired) electrons. The Morgan fingerprint density at radius 3 is 2.73 bits per heavy atom. The summed E-state index contributed by atoms with van der Waals surface area (Å²) < 4.78 is 18.4. The molecule has 0 spiro atoms. The third-order valence-corrected chi connectivity index (χ3v) is 7.23. The first-order chi connectivity index (χ1) is 18.0. The smallest absolute Gasteiger partial charge is 0.325 e. The third kappa shape index (κ3) is 3.99. The largest absolute Gasteiger partial charge is 0.493 e. The molecule has 1 atom stereocenters. The lowest BCUT2D eigenvalue weighted by molar-refractivity contribution is -0.763. The summed E-state index contributed by atoms with van der Waals surface area (Å²) in [4.78, 5) is 31.2. The number of amides is 1. The quantitative estimate of drug-likeness (QED) is 0.320. The minimum atomic E-state index is -0.760. The summed E-state index contributed by atoms with van der Waals surface area (Å²) in [6.45, 7) is 1.57. The normalized spacial score (nSPS) is 15.2. The molecule has 1 amide bonds. The van der Waals surface area contributed by atoms with Crippen LogP contribution in [0.3, 0.4) is 0 Å². The van der Waals surface area contributed by atoms with Gasteiger partial charge in [0.25, 0.3) is 6.17 Å². The molecule has 1 N–H and O–H groups in total. The number of rotatable bonds is 5. The van der Waals surface area contributed by atoms with Gasteiger partial charge in [-0.1, -0.05) is 54.2 Å². The zero-order valence-corrected chi connectivity index (χ0v) is 21.0. The van der Waals surface area contributed by atoms with Crippen LogP contribution in [0.25, 0.3) is 11.3 Å². The molecule has 3 aromatic carbocycles. The third-order valence-electron chi connectivity index (χ3n) is 6.29. The summed E-state index contributed by atoms with van der Waals surface area (Å²) in [6.07, 6.45) is -0.760. The van der Waals surface area contributed by atoms with Crippen molar-refractivity contribution in [3.05, 3.63) is 88.2 Å². The van der Waals surface area contributed by atoms with E-state index in [4.69, 9.17) is 19.3 Å². The van der Waals surface area contributed by atoms with Crippen LogP contribution in [0.2, 0.25) is 0 Å². The van der Waals surface area contributed by atoms with E-state index in [0.29, 0.717) is 50.7 Å². The molecule has 3 heterocycles. The van der Waals surface area contributed by atoms with E-state index in [1.807, 2.05) is 54.6 Å². The Kier molecular flexibility index (Phi) is 5.80. The van der Waals surface area contributed by atoms with Gasteiger partial charge in [0.05, 0.1) is 23.9 Å². The van der Waals surface area contributed by atoms with E-state index in [1.54, 1.807) is 28.8 Å². The number of nitrogens with zero attached hydrogens (tertiary/aromatic N) is 3. The van der Waals surface area contributed by atoms with Gasteiger partial charge in [0, 0.05) is 17.8 Å². The zero-order chi connectivity index (χ0) is 25.5. The van der Waals surface area contributed by atoms with E-state index < -0.39 is 6.17 Å². The van der Waals surface area contributed by atoms with Gasteiger partial charge in [-0.2, -0.15) is 0 Å². The van der Waals surface area contributed by atoms with Gasteiger partial charge in [0.15, 0.2) is 11.5 Å². The number of anilines is 1.